The number of hydrogen-bond donors (Lipinski definition) is 4. The lowest BCUT2D eigenvalue weighted by Crippen LogP contribution is -2.33. The zero-order valence-electron chi connectivity index (χ0n) is 11.9. The molecule has 0 spiro atoms. The van der Waals surface area contributed by atoms with Gasteiger partial charge in [-0.15, -0.1) is 0 Å². The lowest BCUT2D eigenvalue weighted by Gasteiger charge is -2.08. The molecule has 19 heavy (non-hydrogen) atoms. The maximum absolute atomic E-state index is 10.4. The summed E-state index contributed by atoms with van der Waals surface area (Å²) >= 11 is 0. The molecule has 0 aromatic rings. The van der Waals surface area contributed by atoms with Crippen molar-refractivity contribution >= 4 is 6.03 Å². The molecule has 5 N–H and O–H groups in total. The molecule has 0 aliphatic carbocycles. The first kappa shape index (κ1) is 18.1. The molecule has 2 amide bonds. The number of unbranched alkanes of at least 4 members (excludes halogenated alkanes) is 1. The molecule has 0 saturated heterocycles. The van der Waals surface area contributed by atoms with E-state index in [1.54, 1.807) is 0 Å². The van der Waals surface area contributed by atoms with Crippen LogP contribution < -0.4 is 21.7 Å². The van der Waals surface area contributed by atoms with Gasteiger partial charge >= 0.3 is 6.03 Å². The summed E-state index contributed by atoms with van der Waals surface area (Å²) in [5.41, 5.74) is 4.94. The van der Waals surface area contributed by atoms with Crippen molar-refractivity contribution in [2.24, 2.45) is 5.73 Å². The minimum absolute atomic E-state index is 0.459. The number of urea groups is 1. The second kappa shape index (κ2) is 15.2. The summed E-state index contributed by atoms with van der Waals surface area (Å²) in [6, 6.07) is -0.459. The summed E-state index contributed by atoms with van der Waals surface area (Å²) < 4.78 is 10.5. The van der Waals surface area contributed by atoms with Crippen LogP contribution in [0.25, 0.3) is 0 Å². The zero-order valence-corrected chi connectivity index (χ0v) is 11.9. The first-order valence-corrected chi connectivity index (χ1v) is 6.87. The van der Waals surface area contributed by atoms with Gasteiger partial charge in [0.2, 0.25) is 0 Å². The molecule has 7 nitrogen and oxygen atoms in total. The normalized spacial score (nSPS) is 10.6. The third kappa shape index (κ3) is 17.1. The highest BCUT2D eigenvalue weighted by Crippen LogP contribution is 1.83. The van der Waals surface area contributed by atoms with Crippen molar-refractivity contribution in [1.29, 1.82) is 0 Å². The number of nitrogens with two attached hydrogens (primary N) is 1. The van der Waals surface area contributed by atoms with Gasteiger partial charge in [0.15, 0.2) is 0 Å². The fraction of sp³-hybridized carbons (Fsp3) is 0.917. The Morgan fingerprint density at radius 2 is 1.68 bits per heavy atom. The number of amides is 2. The van der Waals surface area contributed by atoms with Crippen LogP contribution in [0.15, 0.2) is 0 Å². The maximum atomic E-state index is 10.4. The minimum atomic E-state index is -0.459. The molecule has 0 saturated carbocycles. The number of primary amides is 1. The third-order valence-electron chi connectivity index (χ3n) is 2.33. The van der Waals surface area contributed by atoms with Crippen LogP contribution in [0.2, 0.25) is 0 Å². The van der Waals surface area contributed by atoms with Crippen molar-refractivity contribution < 1.29 is 14.3 Å². The van der Waals surface area contributed by atoms with E-state index >= 15 is 0 Å². The highest BCUT2D eigenvalue weighted by molar-refractivity contribution is 5.71. The number of nitrogens with one attached hydrogen (secondary N) is 3. The van der Waals surface area contributed by atoms with Crippen molar-refractivity contribution in [3.05, 3.63) is 0 Å². The van der Waals surface area contributed by atoms with Crippen LogP contribution in [0.5, 0.6) is 0 Å². The van der Waals surface area contributed by atoms with Crippen LogP contribution in [0.4, 0.5) is 4.79 Å². The van der Waals surface area contributed by atoms with Crippen molar-refractivity contribution in [3.8, 4) is 0 Å². The fourth-order valence-electron chi connectivity index (χ4n) is 1.36. The van der Waals surface area contributed by atoms with Gasteiger partial charge in [0, 0.05) is 26.4 Å². The van der Waals surface area contributed by atoms with E-state index in [0.717, 1.165) is 39.2 Å². The Hall–Kier alpha value is -0.890. The van der Waals surface area contributed by atoms with Gasteiger partial charge in [0.25, 0.3) is 0 Å². The summed E-state index contributed by atoms with van der Waals surface area (Å²) in [6.07, 6.45) is 1.93. The second-order valence-electron chi connectivity index (χ2n) is 3.98. The van der Waals surface area contributed by atoms with Gasteiger partial charge < -0.3 is 31.2 Å². The molecule has 0 aromatic heterocycles. The summed E-state index contributed by atoms with van der Waals surface area (Å²) in [6.45, 7) is 7.84. The third-order valence-corrected chi connectivity index (χ3v) is 2.33. The van der Waals surface area contributed by atoms with Crippen molar-refractivity contribution in [2.75, 3.05) is 52.7 Å². The van der Waals surface area contributed by atoms with Crippen LogP contribution in [0, 0.1) is 0 Å². The largest absolute Gasteiger partial charge is 0.379 e. The standard InChI is InChI=1S/C12H28N4O3/c1-2-18-9-10-19-8-7-15-11-14-5-3-4-6-16-12(13)17/h14-15H,2-11H2,1H3,(H3,13,16,17). The summed E-state index contributed by atoms with van der Waals surface area (Å²) in [7, 11) is 0. The molecule has 7 heteroatoms. The molecule has 0 aliphatic rings. The number of carbonyl (C=O) groups excluding carboxylic acids is 1. The number of carbonyl (C=O) groups is 1. The van der Waals surface area contributed by atoms with Crippen LogP contribution in [-0.4, -0.2) is 58.8 Å². The van der Waals surface area contributed by atoms with Gasteiger partial charge in [-0.2, -0.15) is 0 Å². The molecule has 0 aromatic carbocycles. The summed E-state index contributed by atoms with van der Waals surface area (Å²) in [5, 5.41) is 9.02. The zero-order chi connectivity index (χ0) is 14.2. The summed E-state index contributed by atoms with van der Waals surface area (Å²) in [4.78, 5) is 10.4. The molecular weight excluding hydrogens is 248 g/mol. The molecule has 0 atom stereocenters. The highest BCUT2D eigenvalue weighted by Gasteiger charge is 1.92. The average molecular weight is 276 g/mol. The van der Waals surface area contributed by atoms with Crippen LogP contribution >= 0.6 is 0 Å². The topological polar surface area (TPSA) is 97.6 Å². The molecule has 0 bridgehead atoms. The Morgan fingerprint density at radius 1 is 1.00 bits per heavy atom. The molecule has 0 heterocycles. The number of rotatable bonds is 14. The quantitative estimate of drug-likeness (QED) is 0.256. The molecule has 0 rings (SSSR count). The van der Waals surface area contributed by atoms with Gasteiger partial charge in [0.05, 0.1) is 19.8 Å². The Balaban J connectivity index is 2.93. The number of hydrogen-bond acceptors (Lipinski definition) is 5. The van der Waals surface area contributed by atoms with Gasteiger partial charge in [0.1, 0.15) is 0 Å². The van der Waals surface area contributed by atoms with Crippen LogP contribution in [0.3, 0.4) is 0 Å². The molecule has 114 valence electrons. The molecule has 0 unspecified atom stereocenters. The van der Waals surface area contributed by atoms with Crippen molar-refractivity contribution in [1.82, 2.24) is 16.0 Å². The lowest BCUT2D eigenvalue weighted by atomic mass is 10.3. The van der Waals surface area contributed by atoms with E-state index in [0.29, 0.717) is 26.4 Å². The summed E-state index contributed by atoms with van der Waals surface area (Å²) in [5.74, 6) is 0. The smallest absolute Gasteiger partial charge is 0.312 e. The van der Waals surface area contributed by atoms with Gasteiger partial charge in [-0.3, -0.25) is 0 Å². The molecule has 0 fully saturated rings. The van der Waals surface area contributed by atoms with E-state index in [9.17, 15) is 4.79 Å². The minimum Gasteiger partial charge on any atom is -0.379 e. The highest BCUT2D eigenvalue weighted by atomic mass is 16.5. The van der Waals surface area contributed by atoms with E-state index in [4.69, 9.17) is 15.2 Å². The second-order valence-corrected chi connectivity index (χ2v) is 3.98. The van der Waals surface area contributed by atoms with E-state index < -0.39 is 6.03 Å². The monoisotopic (exact) mass is 276 g/mol. The van der Waals surface area contributed by atoms with E-state index in [-0.39, 0.29) is 0 Å². The molecular formula is C12H28N4O3. The van der Waals surface area contributed by atoms with E-state index in [2.05, 4.69) is 16.0 Å². The molecule has 0 radical (unpaired) electrons. The first-order chi connectivity index (χ1) is 9.27. The van der Waals surface area contributed by atoms with E-state index in [1.807, 2.05) is 6.92 Å². The Morgan fingerprint density at radius 3 is 2.42 bits per heavy atom. The Bertz CT molecular complexity index is 205. The van der Waals surface area contributed by atoms with Gasteiger partial charge in [-0.1, -0.05) is 0 Å². The fourth-order valence-corrected chi connectivity index (χ4v) is 1.36. The van der Waals surface area contributed by atoms with Crippen LogP contribution in [-0.2, 0) is 9.47 Å². The van der Waals surface area contributed by atoms with Gasteiger partial charge in [-0.05, 0) is 26.3 Å². The number of ether oxygens (including phenoxy) is 2. The Kier molecular flexibility index (Phi) is 14.5. The van der Waals surface area contributed by atoms with Crippen LogP contribution in [0.1, 0.15) is 19.8 Å². The van der Waals surface area contributed by atoms with Crippen molar-refractivity contribution in [2.45, 2.75) is 19.8 Å². The average Bonchev–Trinajstić information content (AvgIpc) is 2.39. The first-order valence-electron chi connectivity index (χ1n) is 6.87. The SMILES string of the molecule is CCOCCOCCNCNCCCCNC(N)=O. The molecule has 0 aliphatic heterocycles. The Labute approximate surface area is 115 Å². The predicted molar refractivity (Wildman–Crippen MR) is 75.0 cm³/mol. The van der Waals surface area contributed by atoms with E-state index in [1.165, 1.54) is 0 Å². The lowest BCUT2D eigenvalue weighted by molar-refractivity contribution is 0.0539. The maximum Gasteiger partial charge on any atom is 0.312 e. The van der Waals surface area contributed by atoms with Crippen molar-refractivity contribution in [3.63, 3.8) is 0 Å². The van der Waals surface area contributed by atoms with Gasteiger partial charge in [-0.25, -0.2) is 4.79 Å². The predicted octanol–water partition coefficient (Wildman–Crippen LogP) is -0.375.